The number of rotatable bonds is 5. The van der Waals surface area contributed by atoms with Crippen molar-refractivity contribution in [2.45, 2.75) is 32.7 Å². The fraction of sp³-hybridized carbons (Fsp3) is 0.333. The maximum Gasteiger partial charge on any atom is 0.222 e. The number of amides is 1. The molecule has 1 aromatic heterocycles. The van der Waals surface area contributed by atoms with E-state index in [1.54, 1.807) is 13.3 Å². The highest BCUT2D eigenvalue weighted by molar-refractivity contribution is 5.89. The van der Waals surface area contributed by atoms with Gasteiger partial charge in [-0.25, -0.2) is 4.98 Å². The third-order valence-corrected chi connectivity index (χ3v) is 3.84. The van der Waals surface area contributed by atoms with Gasteiger partial charge in [0.25, 0.3) is 0 Å². The van der Waals surface area contributed by atoms with Crippen LogP contribution in [0.15, 0.2) is 30.5 Å². The van der Waals surface area contributed by atoms with E-state index in [1.165, 1.54) is 19.8 Å². The molecule has 0 atom stereocenters. The molecule has 1 aliphatic carbocycles. The number of nitrogens with one attached hydrogen (secondary N) is 2. The van der Waals surface area contributed by atoms with Crippen LogP contribution in [0.3, 0.4) is 0 Å². The minimum atomic E-state index is -0.124. The van der Waals surface area contributed by atoms with E-state index in [1.807, 2.05) is 31.2 Å². The molecule has 1 aliphatic rings. The molecule has 23 heavy (non-hydrogen) atoms. The fourth-order valence-corrected chi connectivity index (χ4v) is 2.57. The number of carbonyl (C=O) groups is 1. The number of aryl methyl sites for hydroxylation is 1. The van der Waals surface area contributed by atoms with Gasteiger partial charge in [-0.3, -0.25) is 4.79 Å². The summed E-state index contributed by atoms with van der Waals surface area (Å²) >= 11 is 0. The van der Waals surface area contributed by atoms with Crippen LogP contribution in [0.25, 0.3) is 11.1 Å². The predicted octanol–water partition coefficient (Wildman–Crippen LogP) is 3.60. The Kier molecular flexibility index (Phi) is 4.19. The molecular formula is C18H21N3O2. The lowest BCUT2D eigenvalue weighted by atomic mass is 10.0. The summed E-state index contributed by atoms with van der Waals surface area (Å²) in [5.41, 5.74) is 3.88. The summed E-state index contributed by atoms with van der Waals surface area (Å²) in [5.74, 6) is 1.29. The van der Waals surface area contributed by atoms with Gasteiger partial charge in [0.2, 0.25) is 5.91 Å². The number of ether oxygens (including phenoxy) is 1. The van der Waals surface area contributed by atoms with Crippen LogP contribution >= 0.6 is 0 Å². The summed E-state index contributed by atoms with van der Waals surface area (Å²) in [7, 11) is 1.68. The predicted molar refractivity (Wildman–Crippen MR) is 91.9 cm³/mol. The van der Waals surface area contributed by atoms with Gasteiger partial charge in [-0.15, -0.1) is 0 Å². The van der Waals surface area contributed by atoms with Crippen molar-refractivity contribution in [3.63, 3.8) is 0 Å². The van der Waals surface area contributed by atoms with E-state index >= 15 is 0 Å². The summed E-state index contributed by atoms with van der Waals surface area (Å²) in [6, 6.07) is 8.63. The SMILES string of the molecule is COc1c(NC2CC2)cccc1-c1cnc(NC(C)=O)c(C)c1. The van der Waals surface area contributed by atoms with E-state index in [-0.39, 0.29) is 5.91 Å². The summed E-state index contributed by atoms with van der Waals surface area (Å²) in [4.78, 5) is 15.6. The number of nitrogens with zero attached hydrogens (tertiary/aromatic N) is 1. The molecule has 5 heteroatoms. The Bertz CT molecular complexity index is 739. The molecule has 2 N–H and O–H groups in total. The molecule has 0 unspecified atom stereocenters. The van der Waals surface area contributed by atoms with E-state index in [9.17, 15) is 4.79 Å². The molecular weight excluding hydrogens is 290 g/mol. The van der Waals surface area contributed by atoms with Gasteiger partial charge >= 0.3 is 0 Å². The normalized spacial score (nSPS) is 13.5. The van der Waals surface area contributed by atoms with Gasteiger partial charge in [0, 0.05) is 30.3 Å². The number of benzene rings is 1. The molecule has 0 saturated heterocycles. The molecule has 1 saturated carbocycles. The van der Waals surface area contributed by atoms with Crippen molar-refractivity contribution in [1.29, 1.82) is 0 Å². The Balaban J connectivity index is 1.97. The van der Waals surface area contributed by atoms with Crippen molar-refractivity contribution in [1.82, 2.24) is 4.98 Å². The molecule has 1 amide bonds. The van der Waals surface area contributed by atoms with E-state index in [0.717, 1.165) is 28.1 Å². The van der Waals surface area contributed by atoms with Gasteiger partial charge in [0.15, 0.2) is 0 Å². The second kappa shape index (κ2) is 6.28. The quantitative estimate of drug-likeness (QED) is 0.885. The van der Waals surface area contributed by atoms with Crippen LogP contribution in [0.2, 0.25) is 0 Å². The van der Waals surface area contributed by atoms with Crippen molar-refractivity contribution in [3.05, 3.63) is 36.0 Å². The third kappa shape index (κ3) is 3.44. The molecule has 0 radical (unpaired) electrons. The lowest BCUT2D eigenvalue weighted by Crippen LogP contribution is -2.09. The second-order valence-electron chi connectivity index (χ2n) is 5.88. The first-order valence-corrected chi connectivity index (χ1v) is 7.76. The van der Waals surface area contributed by atoms with Crippen molar-refractivity contribution in [2.75, 3.05) is 17.7 Å². The average molecular weight is 311 g/mol. The molecule has 120 valence electrons. The molecule has 1 heterocycles. The number of pyridine rings is 1. The van der Waals surface area contributed by atoms with Crippen molar-refractivity contribution in [3.8, 4) is 16.9 Å². The molecule has 1 aromatic carbocycles. The lowest BCUT2D eigenvalue weighted by Gasteiger charge is -2.15. The summed E-state index contributed by atoms with van der Waals surface area (Å²) in [6.45, 7) is 3.41. The molecule has 5 nitrogen and oxygen atoms in total. The Morgan fingerprint density at radius 3 is 2.74 bits per heavy atom. The first-order valence-electron chi connectivity index (χ1n) is 7.76. The van der Waals surface area contributed by atoms with Gasteiger partial charge < -0.3 is 15.4 Å². The highest BCUT2D eigenvalue weighted by atomic mass is 16.5. The number of methoxy groups -OCH3 is 1. The minimum absolute atomic E-state index is 0.124. The monoisotopic (exact) mass is 311 g/mol. The van der Waals surface area contributed by atoms with E-state index in [2.05, 4.69) is 15.6 Å². The molecule has 3 rings (SSSR count). The molecule has 0 bridgehead atoms. The van der Waals surface area contributed by atoms with Gasteiger partial charge in [-0.05, 0) is 37.5 Å². The maximum absolute atomic E-state index is 11.2. The second-order valence-corrected chi connectivity index (χ2v) is 5.88. The topological polar surface area (TPSA) is 63.2 Å². The smallest absolute Gasteiger partial charge is 0.222 e. The lowest BCUT2D eigenvalue weighted by molar-refractivity contribution is -0.114. The van der Waals surface area contributed by atoms with Crippen LogP contribution in [0, 0.1) is 6.92 Å². The van der Waals surface area contributed by atoms with Crippen molar-refractivity contribution < 1.29 is 9.53 Å². The van der Waals surface area contributed by atoms with E-state index in [0.29, 0.717) is 11.9 Å². The number of hydrogen-bond acceptors (Lipinski definition) is 4. The van der Waals surface area contributed by atoms with Crippen LogP contribution in [0.4, 0.5) is 11.5 Å². The molecule has 2 aromatic rings. The molecule has 1 fully saturated rings. The summed E-state index contributed by atoms with van der Waals surface area (Å²) < 4.78 is 5.63. The van der Waals surface area contributed by atoms with Crippen LogP contribution in [0.5, 0.6) is 5.75 Å². The van der Waals surface area contributed by atoms with Crippen LogP contribution < -0.4 is 15.4 Å². The van der Waals surface area contributed by atoms with E-state index in [4.69, 9.17) is 4.74 Å². The van der Waals surface area contributed by atoms with Gasteiger partial charge in [-0.2, -0.15) is 0 Å². The number of para-hydroxylation sites is 1. The standard InChI is InChI=1S/C18H21N3O2/c1-11-9-13(10-19-18(11)20-12(2)22)15-5-4-6-16(17(15)23-3)21-14-7-8-14/h4-6,9-10,14,21H,7-8H2,1-3H3,(H,19,20,22). The largest absolute Gasteiger partial charge is 0.494 e. The Morgan fingerprint density at radius 2 is 2.13 bits per heavy atom. The van der Waals surface area contributed by atoms with Crippen molar-refractivity contribution >= 4 is 17.4 Å². The fourth-order valence-electron chi connectivity index (χ4n) is 2.57. The first-order chi connectivity index (χ1) is 11.1. The van der Waals surface area contributed by atoms with Crippen LogP contribution in [-0.2, 0) is 4.79 Å². The van der Waals surface area contributed by atoms with Gasteiger partial charge in [0.05, 0.1) is 12.8 Å². The first kappa shape index (κ1) is 15.3. The Hall–Kier alpha value is -2.56. The Labute approximate surface area is 136 Å². The molecule has 0 aliphatic heterocycles. The van der Waals surface area contributed by atoms with Crippen molar-refractivity contribution in [2.24, 2.45) is 0 Å². The third-order valence-electron chi connectivity index (χ3n) is 3.84. The van der Waals surface area contributed by atoms with Gasteiger partial charge in [-0.1, -0.05) is 12.1 Å². The molecule has 0 spiro atoms. The summed E-state index contributed by atoms with van der Waals surface area (Å²) in [5, 5.41) is 6.23. The van der Waals surface area contributed by atoms with E-state index < -0.39 is 0 Å². The average Bonchev–Trinajstić information content (AvgIpc) is 3.32. The highest BCUT2D eigenvalue weighted by Crippen LogP contribution is 2.39. The zero-order valence-electron chi connectivity index (χ0n) is 13.6. The number of anilines is 2. The number of carbonyl (C=O) groups excluding carboxylic acids is 1. The zero-order valence-corrected chi connectivity index (χ0v) is 13.6. The minimum Gasteiger partial charge on any atom is -0.494 e. The number of hydrogen-bond donors (Lipinski definition) is 2. The summed E-state index contributed by atoms with van der Waals surface area (Å²) in [6.07, 6.45) is 4.18. The number of aromatic nitrogens is 1. The highest BCUT2D eigenvalue weighted by Gasteiger charge is 2.23. The van der Waals surface area contributed by atoms with Gasteiger partial charge in [0.1, 0.15) is 11.6 Å². The van der Waals surface area contributed by atoms with Crippen LogP contribution in [-0.4, -0.2) is 24.0 Å². The van der Waals surface area contributed by atoms with Crippen LogP contribution in [0.1, 0.15) is 25.3 Å². The Morgan fingerprint density at radius 1 is 1.35 bits per heavy atom. The zero-order chi connectivity index (χ0) is 16.4. The maximum atomic E-state index is 11.2.